The van der Waals surface area contributed by atoms with Gasteiger partial charge in [-0.1, -0.05) is 0 Å². The second kappa shape index (κ2) is 7.79. The predicted molar refractivity (Wildman–Crippen MR) is 93.0 cm³/mol. The second-order valence-electron chi connectivity index (χ2n) is 6.20. The molecule has 1 aromatic rings. The first-order valence-electron chi connectivity index (χ1n) is 8.05. The molecule has 1 heterocycles. The Kier molecular flexibility index (Phi) is 6.02. The molecule has 1 aliphatic carbocycles. The fourth-order valence-corrected chi connectivity index (χ4v) is 2.84. The van der Waals surface area contributed by atoms with Gasteiger partial charge in [-0.25, -0.2) is 0 Å². The molecule has 2 amide bonds. The molecule has 2 N–H and O–H groups in total. The Hall–Kier alpha value is -1.59. The molecular formula is C17H24ClN3O2. The average molecular weight is 338 g/mol. The molecule has 0 bridgehead atoms. The number of hydrogen-bond acceptors (Lipinski definition) is 3. The molecule has 126 valence electrons. The number of nitrogens with zero attached hydrogens (tertiary/aromatic N) is 1. The summed E-state index contributed by atoms with van der Waals surface area (Å²) in [5.74, 6) is 0.359. The molecule has 0 aromatic heterocycles. The fraction of sp³-hybridized carbons (Fsp3) is 0.529. The van der Waals surface area contributed by atoms with E-state index >= 15 is 0 Å². The van der Waals surface area contributed by atoms with E-state index in [1.807, 2.05) is 24.1 Å². The highest BCUT2D eigenvalue weighted by Gasteiger charge is 2.29. The number of amides is 2. The van der Waals surface area contributed by atoms with Gasteiger partial charge in [0.15, 0.2) is 0 Å². The molecule has 2 aliphatic rings. The topological polar surface area (TPSA) is 61.4 Å². The van der Waals surface area contributed by atoms with Crippen molar-refractivity contribution in [2.24, 2.45) is 5.92 Å². The summed E-state index contributed by atoms with van der Waals surface area (Å²) in [5.41, 5.74) is 1.45. The largest absolute Gasteiger partial charge is 0.339 e. The maximum absolute atomic E-state index is 12.5. The molecule has 3 rings (SSSR count). The third-order valence-electron chi connectivity index (χ3n) is 4.54. The highest BCUT2D eigenvalue weighted by Crippen LogP contribution is 2.30. The summed E-state index contributed by atoms with van der Waals surface area (Å²) >= 11 is 0. The van der Waals surface area contributed by atoms with Crippen molar-refractivity contribution in [2.75, 3.05) is 25.5 Å². The van der Waals surface area contributed by atoms with Crippen molar-refractivity contribution in [1.29, 1.82) is 0 Å². The lowest BCUT2D eigenvalue weighted by atomic mass is 10.0. The van der Waals surface area contributed by atoms with Crippen LogP contribution in [0.2, 0.25) is 0 Å². The number of halogens is 1. The van der Waals surface area contributed by atoms with E-state index in [1.165, 1.54) is 0 Å². The number of likely N-dealkylation sites (tertiary alicyclic amines) is 1. The Morgan fingerprint density at radius 2 is 1.65 bits per heavy atom. The van der Waals surface area contributed by atoms with Crippen molar-refractivity contribution in [2.45, 2.75) is 31.7 Å². The van der Waals surface area contributed by atoms with Gasteiger partial charge in [0.2, 0.25) is 5.91 Å². The van der Waals surface area contributed by atoms with Crippen LogP contribution < -0.4 is 10.6 Å². The van der Waals surface area contributed by atoms with Gasteiger partial charge in [0.25, 0.3) is 5.91 Å². The van der Waals surface area contributed by atoms with Crippen molar-refractivity contribution in [1.82, 2.24) is 10.2 Å². The lowest BCUT2D eigenvalue weighted by Gasteiger charge is -2.31. The number of hydrogen-bond donors (Lipinski definition) is 2. The molecule has 0 atom stereocenters. The van der Waals surface area contributed by atoms with Gasteiger partial charge in [0, 0.05) is 36.3 Å². The molecule has 23 heavy (non-hydrogen) atoms. The molecule has 0 unspecified atom stereocenters. The third-order valence-corrected chi connectivity index (χ3v) is 4.54. The van der Waals surface area contributed by atoms with Gasteiger partial charge in [0.05, 0.1) is 0 Å². The van der Waals surface area contributed by atoms with E-state index in [-0.39, 0.29) is 30.1 Å². The van der Waals surface area contributed by atoms with Crippen molar-refractivity contribution in [3.63, 3.8) is 0 Å². The fourth-order valence-electron chi connectivity index (χ4n) is 2.84. The predicted octanol–water partition coefficient (Wildman–Crippen LogP) is 2.28. The molecule has 0 radical (unpaired) electrons. The van der Waals surface area contributed by atoms with Gasteiger partial charge in [-0.05, 0) is 57.0 Å². The lowest BCUT2D eigenvalue weighted by molar-refractivity contribution is -0.117. The lowest BCUT2D eigenvalue weighted by Crippen LogP contribution is -2.43. The van der Waals surface area contributed by atoms with Gasteiger partial charge in [-0.2, -0.15) is 0 Å². The highest BCUT2D eigenvalue weighted by molar-refractivity contribution is 5.96. The van der Waals surface area contributed by atoms with E-state index < -0.39 is 0 Å². The average Bonchev–Trinajstić information content (AvgIpc) is 3.40. The number of benzene rings is 1. The van der Waals surface area contributed by atoms with Crippen LogP contribution in [0, 0.1) is 5.92 Å². The van der Waals surface area contributed by atoms with Crippen molar-refractivity contribution < 1.29 is 9.59 Å². The van der Waals surface area contributed by atoms with E-state index in [9.17, 15) is 9.59 Å². The van der Waals surface area contributed by atoms with Crippen LogP contribution in [0.25, 0.3) is 0 Å². The van der Waals surface area contributed by atoms with Crippen LogP contribution >= 0.6 is 12.4 Å². The van der Waals surface area contributed by atoms with E-state index in [2.05, 4.69) is 10.6 Å². The maximum Gasteiger partial charge on any atom is 0.253 e. The summed E-state index contributed by atoms with van der Waals surface area (Å²) in [6, 6.07) is 7.75. The second-order valence-corrected chi connectivity index (χ2v) is 6.20. The molecule has 0 spiro atoms. The minimum absolute atomic E-state index is 0. The van der Waals surface area contributed by atoms with E-state index in [1.54, 1.807) is 12.1 Å². The van der Waals surface area contributed by atoms with Crippen LogP contribution in [0.5, 0.6) is 0 Å². The van der Waals surface area contributed by atoms with Crippen LogP contribution in [-0.4, -0.2) is 42.9 Å². The number of rotatable bonds is 4. The smallest absolute Gasteiger partial charge is 0.253 e. The quantitative estimate of drug-likeness (QED) is 0.886. The van der Waals surface area contributed by atoms with Crippen molar-refractivity contribution in [3.05, 3.63) is 29.8 Å². The summed E-state index contributed by atoms with van der Waals surface area (Å²) < 4.78 is 0. The van der Waals surface area contributed by atoms with Crippen molar-refractivity contribution >= 4 is 29.9 Å². The van der Waals surface area contributed by atoms with Crippen LogP contribution in [0.3, 0.4) is 0 Å². The molecule has 5 nitrogen and oxygen atoms in total. The Balaban J connectivity index is 0.00000192. The number of carbonyl (C=O) groups is 2. The standard InChI is InChI=1S/C17H23N3O2.ClH/c1-18-14-8-10-20(11-9-14)17(22)13-4-6-15(7-5-13)19-16(21)12-2-3-12;/h4-7,12,14,18H,2-3,8-11H2,1H3,(H,19,21);1H. The summed E-state index contributed by atoms with van der Waals surface area (Å²) in [6.07, 6.45) is 3.98. The zero-order valence-corrected chi connectivity index (χ0v) is 14.2. The normalized spacial score (nSPS) is 18.2. The zero-order chi connectivity index (χ0) is 15.5. The maximum atomic E-state index is 12.5. The number of carbonyl (C=O) groups excluding carboxylic acids is 2. The molecule has 1 aromatic carbocycles. The molecule has 1 saturated heterocycles. The molecular weight excluding hydrogens is 314 g/mol. The minimum Gasteiger partial charge on any atom is -0.339 e. The van der Waals surface area contributed by atoms with Gasteiger partial charge in [-0.3, -0.25) is 9.59 Å². The summed E-state index contributed by atoms with van der Waals surface area (Å²) in [6.45, 7) is 1.59. The van der Waals surface area contributed by atoms with E-state index in [0.29, 0.717) is 11.6 Å². The third kappa shape index (κ3) is 4.45. The summed E-state index contributed by atoms with van der Waals surface area (Å²) in [7, 11) is 1.97. The van der Waals surface area contributed by atoms with Crippen LogP contribution in [0.15, 0.2) is 24.3 Å². The van der Waals surface area contributed by atoms with Gasteiger partial charge >= 0.3 is 0 Å². The van der Waals surface area contributed by atoms with E-state index in [4.69, 9.17) is 0 Å². The molecule has 6 heteroatoms. The zero-order valence-electron chi connectivity index (χ0n) is 13.4. The molecule has 2 fully saturated rings. The Morgan fingerprint density at radius 3 is 2.17 bits per heavy atom. The van der Waals surface area contributed by atoms with Crippen molar-refractivity contribution in [3.8, 4) is 0 Å². The SMILES string of the molecule is CNC1CCN(C(=O)c2ccc(NC(=O)C3CC3)cc2)CC1.Cl. The monoisotopic (exact) mass is 337 g/mol. The molecule has 1 saturated carbocycles. The van der Waals surface area contributed by atoms with Crippen LogP contribution in [0.1, 0.15) is 36.0 Å². The number of anilines is 1. The first-order chi connectivity index (χ1) is 10.7. The van der Waals surface area contributed by atoms with Crippen LogP contribution in [0.4, 0.5) is 5.69 Å². The Bertz CT molecular complexity index is 549. The Morgan fingerprint density at radius 1 is 1.04 bits per heavy atom. The number of piperidine rings is 1. The first-order valence-corrected chi connectivity index (χ1v) is 8.05. The van der Waals surface area contributed by atoms with Gasteiger partial charge in [-0.15, -0.1) is 12.4 Å². The first kappa shape index (κ1) is 17.8. The Labute approximate surface area is 143 Å². The van der Waals surface area contributed by atoms with Gasteiger partial charge < -0.3 is 15.5 Å². The van der Waals surface area contributed by atoms with E-state index in [0.717, 1.165) is 44.5 Å². The number of nitrogens with one attached hydrogen (secondary N) is 2. The highest BCUT2D eigenvalue weighted by atomic mass is 35.5. The summed E-state index contributed by atoms with van der Waals surface area (Å²) in [5, 5.41) is 6.16. The van der Waals surface area contributed by atoms with Crippen LogP contribution in [-0.2, 0) is 4.79 Å². The molecule has 1 aliphatic heterocycles. The minimum atomic E-state index is 0. The summed E-state index contributed by atoms with van der Waals surface area (Å²) in [4.78, 5) is 26.1. The van der Waals surface area contributed by atoms with Gasteiger partial charge in [0.1, 0.15) is 0 Å².